The Hall–Kier alpha value is -1.87. The van der Waals surface area contributed by atoms with Gasteiger partial charge in [-0.05, 0) is 171 Å². The second kappa shape index (κ2) is 16.0. The number of carbonyl (C=O) groups is 4. The summed E-state index contributed by atoms with van der Waals surface area (Å²) in [7, 11) is 2.92. The highest BCUT2D eigenvalue weighted by Gasteiger charge is 2.67. The van der Waals surface area contributed by atoms with Crippen LogP contribution in [0.5, 0.6) is 0 Å². The molecule has 332 valence electrons. The highest BCUT2D eigenvalue weighted by atomic mass is 19.1. The minimum Gasteiger partial charge on any atom is -0.469 e. The molecule has 1 heterocycles. The van der Waals surface area contributed by atoms with Crippen molar-refractivity contribution in [2.75, 3.05) is 14.2 Å². The number of ketones is 2. The van der Waals surface area contributed by atoms with Crippen LogP contribution < -0.4 is 0 Å². The van der Waals surface area contributed by atoms with E-state index in [1.54, 1.807) is 0 Å². The SMILES string of the molecule is COC(=O)CC[C@@H](C)[C@H]1CCC2C3C(=O)C[C@@H]4C[C@@H](O)[C@H](F)C[C@]4(C)C3CC[C@@]21C.COC(=O)CC[C@@H](C)[C@H]1CCC2C3C(=O)C[C@@H]4C[C@H]5O[C@H]5C[C@]4(C)C3CC[C@@]21C. The van der Waals surface area contributed by atoms with E-state index in [1.165, 1.54) is 46.3 Å². The third-order valence-corrected chi connectivity index (χ3v) is 20.7. The van der Waals surface area contributed by atoms with E-state index < -0.39 is 12.3 Å². The van der Waals surface area contributed by atoms with Gasteiger partial charge in [-0.25, -0.2) is 4.39 Å². The van der Waals surface area contributed by atoms with E-state index in [1.807, 2.05) is 0 Å². The number of rotatable bonds is 8. The molecule has 1 aliphatic heterocycles. The zero-order valence-corrected chi connectivity index (χ0v) is 37.6. The molecule has 6 unspecified atom stereocenters. The summed E-state index contributed by atoms with van der Waals surface area (Å²) in [4.78, 5) is 50.1. The van der Waals surface area contributed by atoms with Gasteiger partial charge in [0.1, 0.15) is 17.7 Å². The summed E-state index contributed by atoms with van der Waals surface area (Å²) in [5.74, 6) is 5.46. The summed E-state index contributed by atoms with van der Waals surface area (Å²) in [6, 6.07) is 0. The van der Waals surface area contributed by atoms with Crippen molar-refractivity contribution in [2.24, 2.45) is 92.7 Å². The zero-order valence-electron chi connectivity index (χ0n) is 37.6. The number of halogens is 1. The number of hydrogen-bond acceptors (Lipinski definition) is 8. The number of carbonyl (C=O) groups excluding carboxylic acids is 4. The number of ether oxygens (including phenoxy) is 3. The molecule has 9 fully saturated rings. The Morgan fingerprint density at radius 1 is 0.678 bits per heavy atom. The highest BCUT2D eigenvalue weighted by Crippen LogP contribution is 2.70. The predicted molar refractivity (Wildman–Crippen MR) is 222 cm³/mol. The fourth-order valence-electron chi connectivity index (χ4n) is 17.4. The van der Waals surface area contributed by atoms with Gasteiger partial charge in [-0.2, -0.15) is 0 Å². The van der Waals surface area contributed by atoms with Gasteiger partial charge in [-0.1, -0.05) is 41.5 Å². The van der Waals surface area contributed by atoms with E-state index in [-0.39, 0.29) is 51.9 Å². The van der Waals surface area contributed by atoms with Crippen LogP contribution in [0.1, 0.15) is 157 Å². The molecule has 20 atom stereocenters. The molecular formula is C50H77FO8. The number of Topliss-reactive ketones (excluding diaryl/α,β-unsaturated/α-hetero) is 2. The summed E-state index contributed by atoms with van der Waals surface area (Å²) < 4.78 is 30.2. The monoisotopic (exact) mass is 825 g/mol. The number of esters is 2. The summed E-state index contributed by atoms with van der Waals surface area (Å²) in [6.07, 6.45) is 15.1. The number of methoxy groups -OCH3 is 2. The molecule has 8 aliphatic carbocycles. The molecule has 0 aromatic rings. The molecule has 59 heavy (non-hydrogen) atoms. The first-order valence-corrected chi connectivity index (χ1v) is 24.1. The molecule has 1 saturated heterocycles. The Kier molecular flexibility index (Phi) is 11.9. The van der Waals surface area contributed by atoms with Gasteiger partial charge >= 0.3 is 11.9 Å². The van der Waals surface area contributed by atoms with E-state index in [0.717, 1.165) is 51.4 Å². The summed E-state index contributed by atoms with van der Waals surface area (Å²) in [5.41, 5.74) is 0.501. The summed E-state index contributed by atoms with van der Waals surface area (Å²) in [6.45, 7) is 14.1. The van der Waals surface area contributed by atoms with Crippen molar-refractivity contribution in [1.82, 2.24) is 0 Å². The van der Waals surface area contributed by atoms with Crippen molar-refractivity contribution in [3.05, 3.63) is 0 Å². The van der Waals surface area contributed by atoms with Crippen molar-refractivity contribution < 1.29 is 42.9 Å². The van der Waals surface area contributed by atoms with Gasteiger partial charge in [0.15, 0.2) is 0 Å². The maximum atomic E-state index is 14.6. The standard InChI is InChI=1S/C25H39FO4.C25H38O4/c1-14(5-8-22(29)30-4)16-6-7-17-23-18(9-10-24(16,17)2)25(3)13-19(26)20(27)11-15(25)12-21(23)28;1-14(5-8-22(27)28-4)16-6-7-17-23-18(9-10-24(16,17)2)25(3)13-21-20(29-21)12-15(25)11-19(23)26/h14-20,23,27H,5-13H2,1-4H3;14-18,20-21,23H,5-13H2,1-4H3/t14-,15+,16-,17?,18?,19-,20-,23?,24-,25+;14-,15-,16-,17?,18?,20-,21+,23?,24-,25+/m11/s1. The van der Waals surface area contributed by atoms with E-state index >= 15 is 0 Å². The maximum absolute atomic E-state index is 14.6. The van der Waals surface area contributed by atoms with Crippen LogP contribution in [-0.2, 0) is 33.4 Å². The molecule has 1 N–H and O–H groups in total. The minimum absolute atomic E-state index is 0.0465. The summed E-state index contributed by atoms with van der Waals surface area (Å²) >= 11 is 0. The largest absolute Gasteiger partial charge is 0.469 e. The van der Waals surface area contributed by atoms with Gasteiger partial charge in [0.05, 0.1) is 32.5 Å². The van der Waals surface area contributed by atoms with Crippen molar-refractivity contribution in [3.63, 3.8) is 0 Å². The molecule has 0 aromatic heterocycles. The van der Waals surface area contributed by atoms with Crippen LogP contribution in [0, 0.1) is 92.7 Å². The lowest BCUT2D eigenvalue weighted by molar-refractivity contribution is -0.167. The van der Waals surface area contributed by atoms with Crippen LogP contribution in [0.2, 0.25) is 0 Å². The molecule has 9 aliphatic rings. The quantitative estimate of drug-likeness (QED) is 0.190. The molecule has 0 amide bonds. The molecule has 0 spiro atoms. The van der Waals surface area contributed by atoms with Crippen molar-refractivity contribution in [1.29, 1.82) is 0 Å². The van der Waals surface area contributed by atoms with Crippen LogP contribution >= 0.6 is 0 Å². The molecule has 9 rings (SSSR count). The zero-order chi connectivity index (χ0) is 42.4. The highest BCUT2D eigenvalue weighted by molar-refractivity contribution is 5.84. The third-order valence-electron chi connectivity index (χ3n) is 20.7. The number of fused-ring (bicyclic) bond motifs is 11. The van der Waals surface area contributed by atoms with E-state index in [9.17, 15) is 28.7 Å². The van der Waals surface area contributed by atoms with Crippen LogP contribution in [0.25, 0.3) is 0 Å². The molecular weight excluding hydrogens is 748 g/mol. The van der Waals surface area contributed by atoms with Gasteiger partial charge in [-0.3, -0.25) is 19.2 Å². The van der Waals surface area contributed by atoms with Crippen molar-refractivity contribution in [3.8, 4) is 0 Å². The topological polar surface area (TPSA) is 120 Å². The first kappa shape index (κ1) is 43.8. The average molecular weight is 825 g/mol. The normalized spacial score (nSPS) is 50.1. The molecule has 0 aromatic carbocycles. The van der Waals surface area contributed by atoms with Gasteiger partial charge in [-0.15, -0.1) is 0 Å². The lowest BCUT2D eigenvalue weighted by Gasteiger charge is -2.60. The second-order valence-corrected chi connectivity index (χ2v) is 23.0. The van der Waals surface area contributed by atoms with Gasteiger partial charge in [0.2, 0.25) is 0 Å². The van der Waals surface area contributed by atoms with Crippen LogP contribution in [0.15, 0.2) is 0 Å². The Morgan fingerprint density at radius 2 is 1.12 bits per heavy atom. The van der Waals surface area contributed by atoms with E-state index in [4.69, 9.17) is 14.2 Å². The number of epoxide rings is 1. The smallest absolute Gasteiger partial charge is 0.305 e. The van der Waals surface area contributed by atoms with Crippen LogP contribution in [0.4, 0.5) is 4.39 Å². The van der Waals surface area contributed by atoms with Crippen molar-refractivity contribution in [2.45, 2.75) is 182 Å². The van der Waals surface area contributed by atoms with Crippen molar-refractivity contribution >= 4 is 23.5 Å². The maximum Gasteiger partial charge on any atom is 0.305 e. The first-order chi connectivity index (χ1) is 27.9. The molecule has 0 bridgehead atoms. The molecule has 0 radical (unpaired) electrons. The van der Waals surface area contributed by atoms with Gasteiger partial charge in [0, 0.05) is 37.5 Å². The number of alkyl halides is 1. The first-order valence-electron chi connectivity index (χ1n) is 24.1. The molecule has 9 heteroatoms. The fourth-order valence-corrected chi connectivity index (χ4v) is 17.4. The second-order valence-electron chi connectivity index (χ2n) is 23.0. The molecule has 8 nitrogen and oxygen atoms in total. The van der Waals surface area contributed by atoms with Gasteiger partial charge < -0.3 is 19.3 Å². The Bertz CT molecular complexity index is 1630. The third kappa shape index (κ3) is 7.30. The Labute approximate surface area is 354 Å². The number of aliphatic hydroxyl groups excluding tert-OH is 1. The lowest BCUT2D eigenvalue weighted by Crippen LogP contribution is -2.59. The Balaban J connectivity index is 0.000000164. The minimum atomic E-state index is -1.16. The number of hydrogen-bond donors (Lipinski definition) is 1. The summed E-state index contributed by atoms with van der Waals surface area (Å²) in [5, 5.41) is 10.1. The average Bonchev–Trinajstić information content (AvgIpc) is 3.70. The van der Waals surface area contributed by atoms with Gasteiger partial charge in [0.25, 0.3) is 0 Å². The Morgan fingerprint density at radius 3 is 1.59 bits per heavy atom. The van der Waals surface area contributed by atoms with E-state index in [0.29, 0.717) is 109 Å². The molecule has 8 saturated carbocycles. The van der Waals surface area contributed by atoms with Crippen LogP contribution in [-0.4, -0.2) is 67.3 Å². The van der Waals surface area contributed by atoms with E-state index in [2.05, 4.69) is 41.5 Å². The predicted octanol–water partition coefficient (Wildman–Crippen LogP) is 9.51. The number of aliphatic hydroxyl groups is 1. The fraction of sp³-hybridized carbons (Fsp3) is 0.920. The lowest BCUT2D eigenvalue weighted by atomic mass is 9.44. The van der Waals surface area contributed by atoms with Crippen LogP contribution in [0.3, 0.4) is 0 Å².